The van der Waals surface area contributed by atoms with E-state index in [9.17, 15) is 9.90 Å². The SMILES string of the molecule is COc1cc(OC)c2c(O)c3c(cc2c1)[C@H](OC(C)=O)[C@H](C)OC3. The smallest absolute Gasteiger partial charge is 0.303 e. The predicted molar refractivity (Wildman–Crippen MR) is 87.5 cm³/mol. The molecule has 0 unspecified atom stereocenters. The fourth-order valence-corrected chi connectivity index (χ4v) is 3.10. The van der Waals surface area contributed by atoms with Gasteiger partial charge in [0.2, 0.25) is 0 Å². The molecule has 6 heteroatoms. The number of rotatable bonds is 3. The number of methoxy groups -OCH3 is 2. The van der Waals surface area contributed by atoms with Gasteiger partial charge in [-0.25, -0.2) is 0 Å². The van der Waals surface area contributed by atoms with Crippen molar-refractivity contribution < 1.29 is 28.8 Å². The first-order valence-corrected chi connectivity index (χ1v) is 7.65. The number of esters is 1. The van der Waals surface area contributed by atoms with Gasteiger partial charge in [0.25, 0.3) is 0 Å². The number of hydrogen-bond acceptors (Lipinski definition) is 6. The van der Waals surface area contributed by atoms with E-state index in [-0.39, 0.29) is 18.5 Å². The summed E-state index contributed by atoms with van der Waals surface area (Å²) >= 11 is 0. The molecule has 0 radical (unpaired) electrons. The van der Waals surface area contributed by atoms with Crippen molar-refractivity contribution in [1.29, 1.82) is 0 Å². The molecule has 0 aliphatic carbocycles. The summed E-state index contributed by atoms with van der Waals surface area (Å²) in [5.41, 5.74) is 1.35. The highest BCUT2D eigenvalue weighted by molar-refractivity contribution is 5.96. The summed E-state index contributed by atoms with van der Waals surface area (Å²) in [5.74, 6) is 0.798. The lowest BCUT2D eigenvalue weighted by atomic mass is 9.91. The zero-order valence-electron chi connectivity index (χ0n) is 14.1. The third kappa shape index (κ3) is 2.63. The second-order valence-electron chi connectivity index (χ2n) is 5.77. The Morgan fingerprint density at radius 2 is 2.00 bits per heavy atom. The van der Waals surface area contributed by atoms with Crippen LogP contribution in [0.15, 0.2) is 18.2 Å². The van der Waals surface area contributed by atoms with Gasteiger partial charge >= 0.3 is 5.97 Å². The number of benzene rings is 2. The maximum Gasteiger partial charge on any atom is 0.303 e. The molecule has 0 fully saturated rings. The fourth-order valence-electron chi connectivity index (χ4n) is 3.10. The molecule has 2 aromatic carbocycles. The Bertz CT molecular complexity index is 798. The summed E-state index contributed by atoms with van der Waals surface area (Å²) < 4.78 is 21.8. The van der Waals surface area contributed by atoms with Crippen molar-refractivity contribution in [2.45, 2.75) is 32.7 Å². The minimum Gasteiger partial charge on any atom is -0.507 e. The highest BCUT2D eigenvalue weighted by Gasteiger charge is 2.33. The van der Waals surface area contributed by atoms with E-state index in [0.717, 1.165) is 10.9 Å². The molecule has 0 saturated heterocycles. The maximum atomic E-state index is 11.4. The normalized spacial score (nSPS) is 19.7. The lowest BCUT2D eigenvalue weighted by Crippen LogP contribution is -2.28. The molecule has 0 amide bonds. The molecule has 6 nitrogen and oxygen atoms in total. The standard InChI is InChI=1S/C18H20O6/c1-9-18(24-10(2)19)13-6-11-5-12(21-3)7-15(22-4)16(11)17(20)14(13)8-23-9/h5-7,9,18,20H,8H2,1-4H3/t9-,18+/m0/s1. The van der Waals surface area contributed by atoms with Crippen molar-refractivity contribution in [3.63, 3.8) is 0 Å². The third-order valence-corrected chi connectivity index (χ3v) is 4.26. The molecule has 1 N–H and O–H groups in total. The summed E-state index contributed by atoms with van der Waals surface area (Å²) in [6.07, 6.45) is -0.871. The highest BCUT2D eigenvalue weighted by Crippen LogP contribution is 2.45. The van der Waals surface area contributed by atoms with E-state index in [2.05, 4.69) is 0 Å². The van der Waals surface area contributed by atoms with Gasteiger partial charge < -0.3 is 24.1 Å². The van der Waals surface area contributed by atoms with Crippen LogP contribution in [0.1, 0.15) is 31.1 Å². The first-order chi connectivity index (χ1) is 11.5. The second-order valence-corrected chi connectivity index (χ2v) is 5.77. The van der Waals surface area contributed by atoms with Crippen LogP contribution in [0.3, 0.4) is 0 Å². The lowest BCUT2D eigenvalue weighted by Gasteiger charge is -2.32. The van der Waals surface area contributed by atoms with E-state index in [1.807, 2.05) is 19.1 Å². The van der Waals surface area contributed by atoms with Gasteiger partial charge in [-0.15, -0.1) is 0 Å². The molecule has 0 aromatic heterocycles. The zero-order valence-corrected chi connectivity index (χ0v) is 14.1. The van der Waals surface area contributed by atoms with E-state index in [1.54, 1.807) is 13.2 Å². The van der Waals surface area contributed by atoms with Crippen LogP contribution in [0.5, 0.6) is 17.2 Å². The van der Waals surface area contributed by atoms with E-state index >= 15 is 0 Å². The van der Waals surface area contributed by atoms with Crippen molar-refractivity contribution in [3.05, 3.63) is 29.3 Å². The molecule has 1 heterocycles. The summed E-state index contributed by atoms with van der Waals surface area (Å²) in [6, 6.07) is 5.41. The van der Waals surface area contributed by atoms with Crippen molar-refractivity contribution in [3.8, 4) is 17.2 Å². The molecule has 3 rings (SSSR count). The Balaban J connectivity index is 2.27. The Kier molecular flexibility index (Phi) is 4.24. The highest BCUT2D eigenvalue weighted by atomic mass is 16.6. The van der Waals surface area contributed by atoms with Gasteiger partial charge in [0.05, 0.1) is 32.3 Å². The Labute approximate surface area is 139 Å². The van der Waals surface area contributed by atoms with Crippen LogP contribution >= 0.6 is 0 Å². The number of phenolic OH excluding ortho intramolecular Hbond substituents is 1. The van der Waals surface area contributed by atoms with Gasteiger partial charge in [-0.3, -0.25) is 4.79 Å². The summed E-state index contributed by atoms with van der Waals surface area (Å²) in [5, 5.41) is 12.1. The molecule has 2 atom stereocenters. The van der Waals surface area contributed by atoms with Gasteiger partial charge in [-0.2, -0.15) is 0 Å². The molecule has 128 valence electrons. The lowest BCUT2D eigenvalue weighted by molar-refractivity contribution is -0.157. The van der Waals surface area contributed by atoms with Gasteiger partial charge in [0.1, 0.15) is 17.2 Å². The first kappa shape index (κ1) is 16.4. The van der Waals surface area contributed by atoms with Gasteiger partial charge in [0.15, 0.2) is 6.10 Å². The van der Waals surface area contributed by atoms with E-state index in [4.69, 9.17) is 18.9 Å². The topological polar surface area (TPSA) is 74.2 Å². The largest absolute Gasteiger partial charge is 0.507 e. The molecule has 24 heavy (non-hydrogen) atoms. The van der Waals surface area contributed by atoms with E-state index in [1.165, 1.54) is 14.0 Å². The van der Waals surface area contributed by atoms with Crippen LogP contribution in [0, 0.1) is 0 Å². The first-order valence-electron chi connectivity index (χ1n) is 7.65. The monoisotopic (exact) mass is 332 g/mol. The zero-order chi connectivity index (χ0) is 17.4. The van der Waals surface area contributed by atoms with Crippen LogP contribution in [-0.4, -0.2) is 31.4 Å². The molecular formula is C18H20O6. The minimum absolute atomic E-state index is 0.0751. The van der Waals surface area contributed by atoms with Crippen LogP contribution in [0.4, 0.5) is 0 Å². The molecule has 2 aromatic rings. The number of carbonyl (C=O) groups excluding carboxylic acids is 1. The van der Waals surface area contributed by atoms with E-state index in [0.29, 0.717) is 22.4 Å². The number of aromatic hydroxyl groups is 1. The molecular weight excluding hydrogens is 312 g/mol. The van der Waals surface area contributed by atoms with Gasteiger partial charge in [-0.05, 0) is 24.4 Å². The Morgan fingerprint density at radius 3 is 2.62 bits per heavy atom. The van der Waals surface area contributed by atoms with Gasteiger partial charge in [0, 0.05) is 24.1 Å². The van der Waals surface area contributed by atoms with Crippen LogP contribution in [0.25, 0.3) is 10.8 Å². The van der Waals surface area contributed by atoms with Crippen molar-refractivity contribution >= 4 is 16.7 Å². The second kappa shape index (κ2) is 6.20. The number of hydrogen-bond donors (Lipinski definition) is 1. The van der Waals surface area contributed by atoms with Crippen LogP contribution < -0.4 is 9.47 Å². The Hall–Kier alpha value is -2.47. The average Bonchev–Trinajstić information content (AvgIpc) is 2.56. The number of fused-ring (bicyclic) bond motifs is 2. The summed E-state index contributed by atoms with van der Waals surface area (Å²) in [4.78, 5) is 11.4. The minimum atomic E-state index is -0.571. The molecule has 0 bridgehead atoms. The summed E-state index contributed by atoms with van der Waals surface area (Å²) in [6.45, 7) is 3.43. The molecule has 1 aliphatic rings. The number of phenols is 1. The van der Waals surface area contributed by atoms with Crippen molar-refractivity contribution in [2.24, 2.45) is 0 Å². The van der Waals surface area contributed by atoms with Crippen LogP contribution in [-0.2, 0) is 20.9 Å². The van der Waals surface area contributed by atoms with E-state index < -0.39 is 12.1 Å². The fraction of sp³-hybridized carbons (Fsp3) is 0.389. The predicted octanol–water partition coefficient (Wildman–Crippen LogP) is 3.09. The third-order valence-electron chi connectivity index (χ3n) is 4.26. The molecule has 0 saturated carbocycles. The average molecular weight is 332 g/mol. The molecule has 0 spiro atoms. The number of carbonyl (C=O) groups is 1. The quantitative estimate of drug-likeness (QED) is 0.871. The van der Waals surface area contributed by atoms with Crippen molar-refractivity contribution in [1.82, 2.24) is 0 Å². The molecule has 1 aliphatic heterocycles. The van der Waals surface area contributed by atoms with Crippen LogP contribution in [0.2, 0.25) is 0 Å². The maximum absolute atomic E-state index is 11.4. The Morgan fingerprint density at radius 1 is 1.25 bits per heavy atom. The van der Waals surface area contributed by atoms with Gasteiger partial charge in [-0.1, -0.05) is 0 Å². The van der Waals surface area contributed by atoms with Crippen molar-refractivity contribution in [2.75, 3.05) is 14.2 Å². The number of ether oxygens (including phenoxy) is 4. The summed E-state index contributed by atoms with van der Waals surface area (Å²) in [7, 11) is 3.10.